The number of aromatic nitrogens is 1. The van der Waals surface area contributed by atoms with Gasteiger partial charge in [0, 0.05) is 61.3 Å². The molecule has 1 saturated heterocycles. The van der Waals surface area contributed by atoms with E-state index in [0.29, 0.717) is 23.8 Å². The zero-order valence-electron chi connectivity index (χ0n) is 21.6. The van der Waals surface area contributed by atoms with Crippen molar-refractivity contribution in [2.75, 3.05) is 52.9 Å². The maximum absolute atomic E-state index is 12.3. The predicted octanol–water partition coefficient (Wildman–Crippen LogP) is 5.18. The number of hydrogen-bond acceptors (Lipinski definition) is 6. The predicted molar refractivity (Wildman–Crippen MR) is 145 cm³/mol. The van der Waals surface area contributed by atoms with Gasteiger partial charge in [0.1, 0.15) is 11.4 Å². The van der Waals surface area contributed by atoms with E-state index in [2.05, 4.69) is 28.8 Å². The Kier molecular flexibility index (Phi) is 9.24. The Balaban J connectivity index is 1.12. The van der Waals surface area contributed by atoms with E-state index in [1.165, 1.54) is 0 Å². The highest BCUT2D eigenvalue weighted by atomic mass is 35.5. The third-order valence-corrected chi connectivity index (χ3v) is 7.19. The highest BCUT2D eigenvalue weighted by Gasteiger charge is 2.21. The van der Waals surface area contributed by atoms with Gasteiger partial charge in [-0.05, 0) is 63.9 Å². The Bertz CT molecular complexity index is 1120. The first-order valence-electron chi connectivity index (χ1n) is 12.9. The summed E-state index contributed by atoms with van der Waals surface area (Å²) in [6.45, 7) is 10.4. The number of halogens is 1. The minimum atomic E-state index is 0.211. The van der Waals surface area contributed by atoms with Crippen LogP contribution in [0.25, 0.3) is 22.2 Å². The average Bonchev–Trinajstić information content (AvgIpc) is 3.30. The summed E-state index contributed by atoms with van der Waals surface area (Å²) in [5, 5.41) is 5.89. The second-order valence-corrected chi connectivity index (χ2v) is 10.3. The molecule has 0 spiro atoms. The molecule has 1 amide bonds. The number of ether oxygens (including phenoxy) is 1. The van der Waals surface area contributed by atoms with Crippen LogP contribution in [0.1, 0.15) is 33.1 Å². The number of amides is 1. The molecule has 1 aliphatic rings. The molecule has 1 fully saturated rings. The summed E-state index contributed by atoms with van der Waals surface area (Å²) in [6.07, 6.45) is 3.30. The topological polar surface area (TPSA) is 62.1 Å². The van der Waals surface area contributed by atoms with E-state index in [1.807, 2.05) is 54.4 Å². The Morgan fingerprint density at radius 2 is 1.78 bits per heavy atom. The Hall–Kier alpha value is -2.61. The fourth-order valence-corrected chi connectivity index (χ4v) is 4.52. The maximum atomic E-state index is 12.3. The molecule has 0 N–H and O–H groups in total. The zero-order valence-corrected chi connectivity index (χ0v) is 22.3. The Morgan fingerprint density at radius 1 is 1.06 bits per heavy atom. The van der Waals surface area contributed by atoms with Gasteiger partial charge in [-0.15, -0.1) is 0 Å². The molecule has 7 nitrogen and oxygen atoms in total. The van der Waals surface area contributed by atoms with Gasteiger partial charge in [-0.1, -0.05) is 28.9 Å². The van der Waals surface area contributed by atoms with Crippen LogP contribution in [0.15, 0.2) is 47.0 Å². The van der Waals surface area contributed by atoms with Crippen LogP contribution < -0.4 is 4.74 Å². The van der Waals surface area contributed by atoms with E-state index in [-0.39, 0.29) is 11.9 Å². The number of benzene rings is 2. The number of fused-ring (bicyclic) bond motifs is 1. The van der Waals surface area contributed by atoms with E-state index in [9.17, 15) is 4.79 Å². The standard InChI is InChI=1S/C28H37ClN4O3/c1-21(2)31(3)27(34)20-33-16-14-32(15-17-33)13-5-4-6-18-35-24-11-12-25-26(19-24)36-30-28(25)22-7-9-23(29)10-8-22/h7-12,19,21H,4-6,13-18,20H2,1-3H3. The molecule has 2 aromatic carbocycles. The van der Waals surface area contributed by atoms with Crippen LogP contribution >= 0.6 is 11.6 Å². The zero-order chi connectivity index (χ0) is 25.5. The maximum Gasteiger partial charge on any atom is 0.236 e. The van der Waals surface area contributed by atoms with Gasteiger partial charge in [-0.3, -0.25) is 9.69 Å². The van der Waals surface area contributed by atoms with Crippen molar-refractivity contribution in [1.82, 2.24) is 19.9 Å². The van der Waals surface area contributed by atoms with Gasteiger partial charge in [0.25, 0.3) is 0 Å². The first-order valence-corrected chi connectivity index (χ1v) is 13.3. The molecule has 3 aromatic rings. The molecule has 0 saturated carbocycles. The number of rotatable bonds is 11. The number of unbranched alkanes of at least 4 members (excludes halogenated alkanes) is 2. The van der Waals surface area contributed by atoms with Crippen LogP contribution in [0, 0.1) is 0 Å². The van der Waals surface area contributed by atoms with E-state index in [0.717, 1.165) is 74.4 Å². The molecule has 36 heavy (non-hydrogen) atoms. The normalized spacial score (nSPS) is 15.0. The molecule has 0 bridgehead atoms. The third-order valence-electron chi connectivity index (χ3n) is 6.94. The number of piperazine rings is 1. The van der Waals surface area contributed by atoms with E-state index >= 15 is 0 Å². The van der Waals surface area contributed by atoms with E-state index in [1.54, 1.807) is 0 Å². The fraction of sp³-hybridized carbons (Fsp3) is 0.500. The van der Waals surface area contributed by atoms with Gasteiger partial charge in [-0.25, -0.2) is 0 Å². The number of likely N-dealkylation sites (N-methyl/N-ethyl adjacent to an activating group) is 1. The van der Waals surface area contributed by atoms with Crippen LogP contribution in [-0.4, -0.2) is 84.7 Å². The first kappa shape index (κ1) is 26.5. The fourth-order valence-electron chi connectivity index (χ4n) is 4.39. The van der Waals surface area contributed by atoms with Crippen molar-refractivity contribution in [3.8, 4) is 17.0 Å². The van der Waals surface area contributed by atoms with Crippen LogP contribution in [0.3, 0.4) is 0 Å². The first-order chi connectivity index (χ1) is 17.4. The molecule has 1 aromatic heterocycles. The monoisotopic (exact) mass is 512 g/mol. The third kappa shape index (κ3) is 6.99. The number of carbonyl (C=O) groups is 1. The lowest BCUT2D eigenvalue weighted by Crippen LogP contribution is -2.50. The average molecular weight is 513 g/mol. The summed E-state index contributed by atoms with van der Waals surface area (Å²) in [7, 11) is 1.89. The lowest BCUT2D eigenvalue weighted by Gasteiger charge is -2.35. The molecule has 4 rings (SSSR count). The number of nitrogens with zero attached hydrogens (tertiary/aromatic N) is 4. The number of hydrogen-bond donors (Lipinski definition) is 0. The van der Waals surface area contributed by atoms with Gasteiger partial charge < -0.3 is 19.1 Å². The van der Waals surface area contributed by atoms with Crippen molar-refractivity contribution in [1.29, 1.82) is 0 Å². The van der Waals surface area contributed by atoms with Crippen molar-refractivity contribution in [2.24, 2.45) is 0 Å². The summed E-state index contributed by atoms with van der Waals surface area (Å²) in [5.74, 6) is 1.01. The second-order valence-electron chi connectivity index (χ2n) is 9.82. The lowest BCUT2D eigenvalue weighted by molar-refractivity contribution is -0.133. The Labute approximate surface area is 218 Å². The highest BCUT2D eigenvalue weighted by molar-refractivity contribution is 6.30. The van der Waals surface area contributed by atoms with Gasteiger partial charge in [-0.2, -0.15) is 0 Å². The van der Waals surface area contributed by atoms with Crippen LogP contribution in [0.4, 0.5) is 0 Å². The molecular formula is C28H37ClN4O3. The summed E-state index contributed by atoms with van der Waals surface area (Å²) in [6, 6.07) is 13.7. The van der Waals surface area contributed by atoms with E-state index in [4.69, 9.17) is 20.9 Å². The summed E-state index contributed by atoms with van der Waals surface area (Å²) >= 11 is 5.99. The molecule has 0 unspecified atom stereocenters. The van der Waals surface area contributed by atoms with Crippen molar-refractivity contribution < 1.29 is 14.1 Å². The van der Waals surface area contributed by atoms with Crippen LogP contribution in [0.2, 0.25) is 5.02 Å². The highest BCUT2D eigenvalue weighted by Crippen LogP contribution is 2.31. The molecule has 8 heteroatoms. The molecule has 0 atom stereocenters. The minimum absolute atomic E-state index is 0.211. The molecular weight excluding hydrogens is 476 g/mol. The summed E-state index contributed by atoms with van der Waals surface area (Å²) < 4.78 is 11.5. The van der Waals surface area contributed by atoms with Crippen LogP contribution in [0.5, 0.6) is 5.75 Å². The van der Waals surface area contributed by atoms with Gasteiger partial charge in [0.15, 0.2) is 5.58 Å². The summed E-state index contributed by atoms with van der Waals surface area (Å²) in [4.78, 5) is 18.9. The van der Waals surface area contributed by atoms with Crippen molar-refractivity contribution in [2.45, 2.75) is 39.2 Å². The molecule has 194 valence electrons. The van der Waals surface area contributed by atoms with Gasteiger partial charge in [0.2, 0.25) is 5.91 Å². The summed E-state index contributed by atoms with van der Waals surface area (Å²) in [5.41, 5.74) is 2.50. The lowest BCUT2D eigenvalue weighted by atomic mass is 10.1. The molecule has 0 aliphatic carbocycles. The molecule has 2 heterocycles. The van der Waals surface area contributed by atoms with Crippen molar-refractivity contribution >= 4 is 28.5 Å². The van der Waals surface area contributed by atoms with Gasteiger partial charge >= 0.3 is 0 Å². The Morgan fingerprint density at radius 3 is 2.50 bits per heavy atom. The van der Waals surface area contributed by atoms with Gasteiger partial charge in [0.05, 0.1) is 13.2 Å². The minimum Gasteiger partial charge on any atom is -0.493 e. The quantitative estimate of drug-likeness (QED) is 0.330. The second kappa shape index (κ2) is 12.6. The molecule has 0 radical (unpaired) electrons. The van der Waals surface area contributed by atoms with E-state index < -0.39 is 0 Å². The van der Waals surface area contributed by atoms with Crippen LogP contribution in [-0.2, 0) is 4.79 Å². The smallest absolute Gasteiger partial charge is 0.236 e. The van der Waals surface area contributed by atoms with Crippen molar-refractivity contribution in [3.05, 3.63) is 47.5 Å². The largest absolute Gasteiger partial charge is 0.493 e. The number of carbonyl (C=O) groups excluding carboxylic acids is 1. The molecule has 1 aliphatic heterocycles. The SMILES string of the molecule is CC(C)N(C)C(=O)CN1CCN(CCCCCOc2ccc3c(-c4ccc(Cl)cc4)noc3c2)CC1. The van der Waals surface area contributed by atoms with Crippen molar-refractivity contribution in [3.63, 3.8) is 0 Å².